The molecule has 0 aliphatic heterocycles. The minimum atomic E-state index is -1.44. The summed E-state index contributed by atoms with van der Waals surface area (Å²) in [6, 6.07) is 0. The van der Waals surface area contributed by atoms with E-state index in [9.17, 15) is 4.79 Å². The number of carbonyl (C=O) groups is 1. The van der Waals surface area contributed by atoms with Gasteiger partial charge in [-0.05, 0) is 0 Å². The number of carboxylic acid groups (broad SMARTS) is 1. The summed E-state index contributed by atoms with van der Waals surface area (Å²) in [5.41, 5.74) is -0.0787. The highest BCUT2D eigenvalue weighted by Crippen LogP contribution is 2.20. The van der Waals surface area contributed by atoms with Crippen LogP contribution in [0.25, 0.3) is 1.43 Å². The normalized spacial score (nSPS) is 16.2. The predicted molar refractivity (Wildman–Crippen MR) is 40.4 cm³/mol. The van der Waals surface area contributed by atoms with Gasteiger partial charge >= 0.3 is 5.97 Å². The molecule has 0 amide bonds. The van der Waals surface area contributed by atoms with Crippen LogP contribution in [0, 0.1) is 0 Å². The predicted octanol–water partition coefficient (Wildman–Crippen LogP) is 1.80. The maximum Gasteiger partial charge on any atom is 0.303 e. The second-order valence-corrected chi connectivity index (χ2v) is 9.00. The highest BCUT2D eigenvalue weighted by molar-refractivity contribution is 6.80. The first-order valence-corrected chi connectivity index (χ1v) is 6.64. The first-order chi connectivity index (χ1) is 4.39. The molecule has 3 heteroatoms. The van der Waals surface area contributed by atoms with Gasteiger partial charge in [0.25, 0.3) is 1.43 Å². The minimum Gasteiger partial charge on any atom is -0.481 e. The maximum atomic E-state index is 10.8. The second-order valence-electron chi connectivity index (χ2n) is 3.41. The van der Waals surface area contributed by atoms with E-state index in [4.69, 9.17) is 1.43 Å². The fraction of sp³-hybridized carbons (Fsp3) is 0.833. The zero-order valence-electron chi connectivity index (χ0n) is 7.39. The first kappa shape index (κ1) is 6.80. The highest BCUT2D eigenvalue weighted by Gasteiger charge is 2.27. The van der Waals surface area contributed by atoms with E-state index in [1.54, 1.807) is 0 Å². The minimum absolute atomic E-state index is 0.0787. The van der Waals surface area contributed by atoms with Crippen LogP contribution in [0.15, 0.2) is 0 Å². The second kappa shape index (κ2) is 2.52. The van der Waals surface area contributed by atoms with E-state index in [2.05, 4.69) is 24.7 Å². The third-order valence-electron chi connectivity index (χ3n) is 1.65. The molecule has 0 spiro atoms. The van der Waals surface area contributed by atoms with Crippen molar-refractivity contribution >= 4 is 14.0 Å². The summed E-state index contributed by atoms with van der Waals surface area (Å²) in [7, 11) is -1.44. The number of rotatable bonds is 2. The lowest BCUT2D eigenvalue weighted by molar-refractivity contribution is -0.136. The third kappa shape index (κ3) is 2.65. The fourth-order valence-corrected chi connectivity index (χ4v) is 1.06. The fourth-order valence-electron chi connectivity index (χ4n) is 0.354. The van der Waals surface area contributed by atoms with Gasteiger partial charge in [-0.25, -0.2) is 0 Å². The Kier molecular flexibility index (Phi) is 1.90. The van der Waals surface area contributed by atoms with E-state index in [0.29, 0.717) is 0 Å². The Morgan fingerprint density at radius 1 is 1.67 bits per heavy atom. The molecule has 1 unspecified atom stereocenters. The molecule has 1 N–H and O–H groups in total. The van der Waals surface area contributed by atoms with Crippen LogP contribution < -0.4 is 0 Å². The Hall–Kier alpha value is -0.313. The van der Waals surface area contributed by atoms with E-state index in [0.717, 1.165) is 0 Å². The summed E-state index contributed by atoms with van der Waals surface area (Å²) in [6.45, 7) is 8.06. The van der Waals surface area contributed by atoms with Crippen LogP contribution in [0.5, 0.6) is 0 Å². The molecule has 9 heavy (non-hydrogen) atoms. The van der Waals surface area contributed by atoms with Gasteiger partial charge in [0.15, 0.2) is 0 Å². The van der Waals surface area contributed by atoms with Crippen LogP contribution in [-0.4, -0.2) is 19.2 Å². The van der Waals surface area contributed by atoms with Gasteiger partial charge in [0.2, 0.25) is 0 Å². The Morgan fingerprint density at radius 2 is 2.11 bits per heavy atom. The lowest BCUT2D eigenvalue weighted by atomic mass is 10.5. The van der Waals surface area contributed by atoms with Gasteiger partial charge in [0.05, 0.1) is 8.07 Å². The summed E-state index contributed by atoms with van der Waals surface area (Å²) in [5.74, 6) is -0.404. The molecule has 0 fully saturated rings. The zero-order chi connectivity index (χ0) is 8.36. The summed E-state index contributed by atoms with van der Waals surface area (Å²) in [4.78, 5) is 10.8. The number of hydrogen-bond donors (Lipinski definition) is 1. The van der Waals surface area contributed by atoms with Crippen LogP contribution in [0.4, 0.5) is 0 Å². The molecule has 1 atom stereocenters. The van der Waals surface area contributed by atoms with Gasteiger partial charge in [-0.2, -0.15) is 0 Å². The average Bonchev–Trinajstić information content (AvgIpc) is 1.83. The average molecular weight is 147 g/mol. The largest absolute Gasteiger partial charge is 0.481 e. The van der Waals surface area contributed by atoms with Crippen molar-refractivity contribution in [1.82, 2.24) is 0 Å². The Labute approximate surface area is 58.4 Å². The molecule has 0 aromatic heterocycles. The third-order valence-corrected chi connectivity index (χ3v) is 4.49. The molecule has 0 rings (SSSR count). The van der Waals surface area contributed by atoms with Gasteiger partial charge in [0, 0.05) is 5.54 Å². The molecule has 0 bridgehead atoms. The summed E-state index contributed by atoms with van der Waals surface area (Å²) in [5, 5.41) is 3.88. The summed E-state index contributed by atoms with van der Waals surface area (Å²) >= 11 is 0. The van der Waals surface area contributed by atoms with Gasteiger partial charge in [-0.3, -0.25) is 4.79 Å². The highest BCUT2D eigenvalue weighted by atomic mass is 28.3. The molecule has 0 radical (unpaired) electrons. The molecule has 0 aliphatic carbocycles. The smallest absolute Gasteiger partial charge is 0.303 e. The first-order valence-electron chi connectivity index (χ1n) is 3.47. The van der Waals surface area contributed by atoms with Gasteiger partial charge in [-0.15, -0.1) is 0 Å². The summed E-state index contributed by atoms with van der Waals surface area (Å²) < 4.78 is 6.39. The molecule has 0 aromatic rings. The molecule has 0 heterocycles. The standard InChI is InChI=1S/C6H14O2Si/c1-5(6(7)8)9(2,3)4/h5H,1-4H3,(H,7,8)/i/hD. The molecule has 0 aromatic carbocycles. The molecule has 54 valence electrons. The van der Waals surface area contributed by atoms with Crippen molar-refractivity contribution in [3.63, 3.8) is 0 Å². The van der Waals surface area contributed by atoms with E-state index < -0.39 is 14.0 Å². The van der Waals surface area contributed by atoms with Crippen LogP contribution in [0.3, 0.4) is 0 Å². The zero-order valence-corrected chi connectivity index (χ0v) is 7.39. The van der Waals surface area contributed by atoms with Crippen molar-refractivity contribution in [2.24, 2.45) is 0 Å². The van der Waals surface area contributed by atoms with Crippen LogP contribution >= 0.6 is 0 Å². The monoisotopic (exact) mass is 147 g/mol. The van der Waals surface area contributed by atoms with E-state index in [1.165, 1.54) is 0 Å². The van der Waals surface area contributed by atoms with Crippen LogP contribution in [-0.2, 0) is 4.79 Å². The molecular formula is C6H14O2Si. The number of carboxylic acids is 1. The Balaban J connectivity index is 4.08. The number of hydrogen-bond acceptors (Lipinski definition) is 2. The van der Waals surface area contributed by atoms with E-state index in [-0.39, 0.29) is 5.54 Å². The van der Waals surface area contributed by atoms with Crippen molar-refractivity contribution in [1.29, 1.82) is 1.43 Å². The summed E-state index contributed by atoms with van der Waals surface area (Å²) in [6.07, 6.45) is 0. The van der Waals surface area contributed by atoms with Crippen molar-refractivity contribution in [3.05, 3.63) is 0 Å². The van der Waals surface area contributed by atoms with Crippen molar-refractivity contribution < 1.29 is 9.90 Å². The topological polar surface area (TPSA) is 37.3 Å². The van der Waals surface area contributed by atoms with Crippen LogP contribution in [0.2, 0.25) is 25.2 Å². The molecule has 0 aliphatic rings. The van der Waals surface area contributed by atoms with Crippen LogP contribution in [0.1, 0.15) is 6.92 Å². The molecule has 2 nitrogen and oxygen atoms in total. The van der Waals surface area contributed by atoms with Gasteiger partial charge in [0.1, 0.15) is 0 Å². The van der Waals surface area contributed by atoms with Crippen molar-refractivity contribution in [2.75, 3.05) is 0 Å². The van der Waals surface area contributed by atoms with Crippen molar-refractivity contribution in [2.45, 2.75) is 32.1 Å². The quantitative estimate of drug-likeness (QED) is 0.605. The van der Waals surface area contributed by atoms with E-state index in [1.807, 2.05) is 6.92 Å². The SMILES string of the molecule is [2H]OC(=O)C(C)[Si](C)(C)C. The van der Waals surface area contributed by atoms with Gasteiger partial charge in [-0.1, -0.05) is 26.6 Å². The Morgan fingerprint density at radius 3 is 2.22 bits per heavy atom. The lowest BCUT2D eigenvalue weighted by Crippen LogP contribution is -2.31. The van der Waals surface area contributed by atoms with Crippen molar-refractivity contribution in [3.8, 4) is 0 Å². The maximum absolute atomic E-state index is 10.8. The molecule has 0 saturated carbocycles. The lowest BCUT2D eigenvalue weighted by Gasteiger charge is -2.20. The molecule has 0 saturated heterocycles. The number of aliphatic carboxylic acids is 1. The van der Waals surface area contributed by atoms with E-state index >= 15 is 0 Å². The van der Waals surface area contributed by atoms with Gasteiger partial charge < -0.3 is 5.11 Å². The molecular weight excluding hydrogens is 132 g/mol. The Bertz CT molecular complexity index is 130.